The summed E-state index contributed by atoms with van der Waals surface area (Å²) >= 11 is 0. The Labute approximate surface area is 417 Å². The third-order valence-corrected chi connectivity index (χ3v) is 12.7. The zero-order valence-electron chi connectivity index (χ0n) is 40.8. The van der Waals surface area contributed by atoms with Crippen molar-refractivity contribution in [2.75, 3.05) is 89.3 Å². The van der Waals surface area contributed by atoms with E-state index in [1.807, 2.05) is 35.2 Å². The molecule has 0 bridgehead atoms. The number of hydrogen-bond donors (Lipinski definition) is 3. The van der Waals surface area contributed by atoms with Crippen molar-refractivity contribution in [3.63, 3.8) is 0 Å². The minimum atomic E-state index is -1.19. The first-order chi connectivity index (χ1) is 34.8. The lowest BCUT2D eigenvalue weighted by atomic mass is 9.99. The van der Waals surface area contributed by atoms with E-state index in [9.17, 15) is 29.1 Å². The molecule has 2 fully saturated rings. The van der Waals surface area contributed by atoms with Gasteiger partial charge in [-0.05, 0) is 87.6 Å². The lowest BCUT2D eigenvalue weighted by Gasteiger charge is -2.36. The Balaban J connectivity index is 0.670. The van der Waals surface area contributed by atoms with Crippen molar-refractivity contribution in [1.82, 2.24) is 39.4 Å². The smallest absolute Gasteiger partial charge is 0.278 e. The maximum atomic E-state index is 13.4. The number of ether oxygens (including phenoxy) is 4. The van der Waals surface area contributed by atoms with Gasteiger partial charge >= 0.3 is 0 Å². The van der Waals surface area contributed by atoms with Crippen LogP contribution in [0.5, 0.6) is 0 Å². The highest BCUT2D eigenvalue weighted by molar-refractivity contribution is 6.23. The molecule has 72 heavy (non-hydrogen) atoms. The summed E-state index contributed by atoms with van der Waals surface area (Å²) in [7, 11) is 0. The number of piperidine rings is 1. The summed E-state index contributed by atoms with van der Waals surface area (Å²) in [6.07, 6.45) is 5.46. The fourth-order valence-electron chi connectivity index (χ4n) is 8.91. The number of imide groups is 1. The van der Waals surface area contributed by atoms with E-state index in [4.69, 9.17) is 23.9 Å². The Kier molecular flexibility index (Phi) is 16.7. The maximum absolute atomic E-state index is 13.4. The summed E-state index contributed by atoms with van der Waals surface area (Å²) in [4.78, 5) is 84.3. The molecule has 3 aliphatic rings. The molecule has 0 saturated carbocycles. The molecule has 1 atom stereocenters. The van der Waals surface area contributed by atoms with E-state index in [0.29, 0.717) is 150 Å². The number of aromatic nitrogens is 5. The molecule has 3 aromatic heterocycles. The maximum Gasteiger partial charge on any atom is 0.278 e. The number of amides is 4. The van der Waals surface area contributed by atoms with Gasteiger partial charge in [0.25, 0.3) is 17.4 Å². The first-order valence-corrected chi connectivity index (χ1v) is 24.3. The fraction of sp³-hybridized carbons (Fsp3) is 0.423. The van der Waals surface area contributed by atoms with Gasteiger partial charge in [0.2, 0.25) is 17.8 Å². The van der Waals surface area contributed by atoms with Crippen LogP contribution in [0.25, 0.3) is 16.9 Å². The Hall–Kier alpha value is -7.10. The number of rotatable bonds is 24. The highest BCUT2D eigenvalue weighted by atomic mass is 16.6. The topological polar surface area (TPSA) is 225 Å². The van der Waals surface area contributed by atoms with Crippen LogP contribution in [0.2, 0.25) is 0 Å². The Morgan fingerprint density at radius 1 is 0.861 bits per heavy atom. The van der Waals surface area contributed by atoms with Crippen molar-refractivity contribution in [3.05, 3.63) is 125 Å². The number of pyridine rings is 1. The van der Waals surface area contributed by atoms with Crippen molar-refractivity contribution in [2.24, 2.45) is 0 Å². The second-order valence-corrected chi connectivity index (χ2v) is 18.2. The van der Waals surface area contributed by atoms with E-state index in [2.05, 4.69) is 38.7 Å². The molecule has 4 amide bonds. The molecule has 20 nitrogen and oxygen atoms in total. The molecule has 2 saturated heterocycles. The second-order valence-electron chi connectivity index (χ2n) is 18.2. The van der Waals surface area contributed by atoms with Gasteiger partial charge in [0.05, 0.1) is 76.0 Å². The molecule has 3 N–H and O–H groups in total. The summed E-state index contributed by atoms with van der Waals surface area (Å²) < 4.78 is 25.7. The molecule has 8 rings (SSSR count). The van der Waals surface area contributed by atoms with Crippen LogP contribution in [0.1, 0.15) is 71.5 Å². The third kappa shape index (κ3) is 12.0. The number of allylic oxidation sites excluding steroid dienone is 2. The summed E-state index contributed by atoms with van der Waals surface area (Å²) in [6.45, 7) is 16.8. The molecule has 0 aliphatic carbocycles. The summed E-state index contributed by atoms with van der Waals surface area (Å²) in [6, 6.07) is 17.5. The lowest BCUT2D eigenvalue weighted by molar-refractivity contribution is -0.132. The molecule has 1 unspecified atom stereocenters. The SMILES string of the molecule is C=CCn1c(=O)c2cnc(Nc3ccc(N4CCN(C(=O)CCOCCOCCOCCOCCCc5cccc6c5C(=O)N(C5CCC(=C)NC5=O)C6=O)CC4)cc3)nc2n1-c1cccc(C(C)(C)O)n1. The molecule has 6 heterocycles. The van der Waals surface area contributed by atoms with Gasteiger partial charge in [0.1, 0.15) is 17.0 Å². The Morgan fingerprint density at radius 3 is 2.22 bits per heavy atom. The predicted octanol–water partition coefficient (Wildman–Crippen LogP) is 4.26. The minimum Gasteiger partial charge on any atom is -0.384 e. The molecular weight excluding hydrogens is 925 g/mol. The molecule has 0 spiro atoms. The second kappa shape index (κ2) is 23.4. The van der Waals surface area contributed by atoms with Gasteiger partial charge in [0, 0.05) is 56.1 Å². The number of aryl methyl sites for hydroxylation is 1. The van der Waals surface area contributed by atoms with Crippen LogP contribution in [-0.2, 0) is 47.1 Å². The number of fused-ring (bicyclic) bond motifs is 2. The van der Waals surface area contributed by atoms with Gasteiger partial charge < -0.3 is 44.5 Å². The van der Waals surface area contributed by atoms with E-state index < -0.39 is 23.5 Å². The fourth-order valence-corrected chi connectivity index (χ4v) is 8.91. The number of hydrogen-bond acceptors (Lipinski definition) is 15. The van der Waals surface area contributed by atoms with Crippen molar-refractivity contribution >= 4 is 52.0 Å². The molecule has 0 radical (unpaired) electrons. The predicted molar refractivity (Wildman–Crippen MR) is 268 cm³/mol. The molecule has 3 aliphatic heterocycles. The van der Waals surface area contributed by atoms with Crippen molar-refractivity contribution in [1.29, 1.82) is 0 Å². The Bertz CT molecular complexity index is 2850. The van der Waals surface area contributed by atoms with Gasteiger partial charge in [-0.15, -0.1) is 6.58 Å². The largest absolute Gasteiger partial charge is 0.384 e. The number of carbonyl (C=O) groups excluding carboxylic acids is 4. The highest BCUT2D eigenvalue weighted by Crippen LogP contribution is 2.31. The first kappa shape index (κ1) is 51.3. The highest BCUT2D eigenvalue weighted by Gasteiger charge is 2.44. The van der Waals surface area contributed by atoms with Gasteiger partial charge in [-0.3, -0.25) is 28.9 Å². The number of carbonyl (C=O) groups is 4. The lowest BCUT2D eigenvalue weighted by Crippen LogP contribution is -2.51. The normalized spacial score (nSPS) is 16.2. The number of nitrogens with one attached hydrogen (secondary N) is 2. The van der Waals surface area contributed by atoms with E-state index in [0.717, 1.165) is 21.8 Å². The van der Waals surface area contributed by atoms with Gasteiger partial charge in [-0.2, -0.15) is 4.98 Å². The van der Waals surface area contributed by atoms with E-state index in [1.54, 1.807) is 54.9 Å². The van der Waals surface area contributed by atoms with Crippen LogP contribution >= 0.6 is 0 Å². The van der Waals surface area contributed by atoms with Crippen LogP contribution in [-0.4, -0.2) is 148 Å². The van der Waals surface area contributed by atoms with E-state index in [1.165, 1.54) is 10.9 Å². The van der Waals surface area contributed by atoms with Crippen LogP contribution < -0.4 is 21.1 Å². The zero-order chi connectivity index (χ0) is 50.8. The average molecular weight is 987 g/mol. The number of piperazine rings is 1. The molecule has 20 heteroatoms. The summed E-state index contributed by atoms with van der Waals surface area (Å²) in [5.41, 5.74) is 3.14. The Morgan fingerprint density at radius 2 is 1.54 bits per heavy atom. The van der Waals surface area contributed by atoms with Gasteiger partial charge in [-0.1, -0.05) is 30.9 Å². The average Bonchev–Trinajstić information content (AvgIpc) is 3.79. The number of nitrogens with zero attached hydrogens (tertiary/aromatic N) is 8. The summed E-state index contributed by atoms with van der Waals surface area (Å²) in [5.74, 6) is -0.493. The third-order valence-electron chi connectivity index (χ3n) is 12.7. The van der Waals surface area contributed by atoms with Crippen LogP contribution in [0.15, 0.2) is 96.6 Å². The minimum absolute atomic E-state index is 0.0501. The molecular formula is C52H62N10O10. The van der Waals surface area contributed by atoms with Crippen molar-refractivity contribution in [3.8, 4) is 5.82 Å². The van der Waals surface area contributed by atoms with Crippen LogP contribution in [0.4, 0.5) is 17.3 Å². The van der Waals surface area contributed by atoms with Gasteiger partial charge in [0.15, 0.2) is 11.5 Å². The van der Waals surface area contributed by atoms with Crippen molar-refractivity contribution < 1.29 is 43.2 Å². The number of anilines is 3. The van der Waals surface area contributed by atoms with Crippen LogP contribution in [0.3, 0.4) is 0 Å². The summed E-state index contributed by atoms with van der Waals surface area (Å²) in [5, 5.41) is 16.8. The number of aliphatic hydroxyl groups is 1. The van der Waals surface area contributed by atoms with E-state index >= 15 is 0 Å². The standard InChI is InChI=1S/C52H62N10O10/c1-5-21-60-48(65)40-34-53-51(57-46(40)62(60)43-13-7-12-42(56-43)52(3,4)68)55-37-15-17-38(18-16-37)58-22-24-59(25-23-58)44(63)20-27-70-29-31-72-33-32-71-30-28-69-26-8-10-36-9-6-11-39-45(36)50(67)61(49(39)66)41-19-14-35(2)54-47(41)64/h5-7,9,11-13,15-18,34,41,68H,1-2,8,10,14,19-33H2,3-4H3,(H,54,64)(H,53,55,57). The van der Waals surface area contributed by atoms with E-state index in [-0.39, 0.29) is 30.3 Å². The molecule has 2 aromatic carbocycles. The van der Waals surface area contributed by atoms with Gasteiger partial charge in [-0.25, -0.2) is 19.3 Å². The zero-order valence-corrected chi connectivity index (χ0v) is 40.8. The first-order valence-electron chi connectivity index (χ1n) is 24.3. The quantitative estimate of drug-likeness (QED) is 0.0446. The number of benzene rings is 2. The molecule has 5 aromatic rings. The van der Waals surface area contributed by atoms with Crippen molar-refractivity contribution in [2.45, 2.75) is 64.1 Å². The monoisotopic (exact) mass is 986 g/mol. The van der Waals surface area contributed by atoms with Crippen LogP contribution in [0, 0.1) is 0 Å². The molecule has 380 valence electrons.